The summed E-state index contributed by atoms with van der Waals surface area (Å²) >= 11 is 6.17. The van der Waals surface area contributed by atoms with Crippen LogP contribution in [0, 0.1) is 5.82 Å². The van der Waals surface area contributed by atoms with E-state index in [9.17, 15) is 9.18 Å². The molecule has 30 heavy (non-hydrogen) atoms. The number of amidine groups is 1. The monoisotopic (exact) mass is 430 g/mol. The maximum Gasteiger partial charge on any atom is 0.255 e. The van der Waals surface area contributed by atoms with Crippen molar-refractivity contribution in [3.63, 3.8) is 0 Å². The van der Waals surface area contributed by atoms with Gasteiger partial charge < -0.3 is 15.0 Å². The number of anilines is 1. The third-order valence-corrected chi connectivity index (χ3v) is 5.95. The number of hydrogen-bond donors (Lipinski definition) is 2. The van der Waals surface area contributed by atoms with Crippen molar-refractivity contribution in [2.45, 2.75) is 18.5 Å². The Hall–Kier alpha value is -2.48. The number of fused-ring (bicyclic) bond motifs is 1. The van der Waals surface area contributed by atoms with Gasteiger partial charge in [0.2, 0.25) is 0 Å². The van der Waals surface area contributed by atoms with Crippen molar-refractivity contribution in [1.82, 2.24) is 10.2 Å². The number of para-hydroxylation sites is 1. The second kappa shape index (κ2) is 8.71. The zero-order chi connectivity index (χ0) is 21.1. The van der Waals surface area contributed by atoms with Gasteiger partial charge in [0.25, 0.3) is 5.91 Å². The van der Waals surface area contributed by atoms with Gasteiger partial charge in [-0.15, -0.1) is 0 Å². The fraction of sp³-hybridized carbons (Fsp3) is 0.364. The van der Waals surface area contributed by atoms with E-state index in [1.807, 2.05) is 18.2 Å². The highest BCUT2D eigenvalue weighted by atomic mass is 35.5. The first-order valence-corrected chi connectivity index (χ1v) is 10.3. The van der Waals surface area contributed by atoms with E-state index in [-0.39, 0.29) is 16.5 Å². The van der Waals surface area contributed by atoms with Crippen LogP contribution in [0.25, 0.3) is 0 Å². The molecule has 0 saturated carbocycles. The highest BCUT2D eigenvalue weighted by Crippen LogP contribution is 2.31. The van der Waals surface area contributed by atoms with Crippen LogP contribution in [-0.2, 0) is 11.3 Å². The van der Waals surface area contributed by atoms with Gasteiger partial charge in [-0.25, -0.2) is 4.39 Å². The van der Waals surface area contributed by atoms with Crippen LogP contribution in [0.1, 0.15) is 22.3 Å². The standard InChI is InChI=1S/C22H24ClFN4O2/c1-30-11-9-25-21-22(26-13-15-4-2-3-5-19(15)27-21)8-10-28(14-22)20(29)17-12-16(24)6-7-18(17)23/h2-7,12,26H,8-11,13-14H2,1H3,(H,25,27). The molecule has 0 radical (unpaired) electrons. The highest BCUT2D eigenvalue weighted by Gasteiger charge is 2.45. The highest BCUT2D eigenvalue weighted by molar-refractivity contribution is 6.33. The topological polar surface area (TPSA) is 66.0 Å². The van der Waals surface area contributed by atoms with Crippen molar-refractivity contribution >= 4 is 29.0 Å². The van der Waals surface area contributed by atoms with Gasteiger partial charge in [0.05, 0.1) is 29.3 Å². The van der Waals surface area contributed by atoms with Crippen LogP contribution in [0.3, 0.4) is 0 Å². The Labute approximate surface area is 180 Å². The van der Waals surface area contributed by atoms with E-state index < -0.39 is 11.4 Å². The molecule has 2 aromatic rings. The molecule has 6 nitrogen and oxygen atoms in total. The number of benzene rings is 2. The molecule has 2 heterocycles. The Morgan fingerprint density at radius 3 is 3.00 bits per heavy atom. The number of nitrogens with one attached hydrogen (secondary N) is 2. The molecule has 0 aliphatic carbocycles. The Kier molecular flexibility index (Phi) is 6.04. The minimum Gasteiger partial charge on any atom is -0.383 e. The number of likely N-dealkylation sites (tertiary alicyclic amines) is 1. The zero-order valence-electron chi connectivity index (χ0n) is 16.8. The fourth-order valence-electron chi connectivity index (χ4n) is 3.98. The average Bonchev–Trinajstić information content (AvgIpc) is 3.12. The molecule has 1 saturated heterocycles. The predicted octanol–water partition coefficient (Wildman–Crippen LogP) is 3.32. The molecule has 1 spiro atoms. The number of rotatable bonds is 4. The molecule has 0 bridgehead atoms. The number of halogens is 2. The number of aliphatic imine (C=N–C) groups is 1. The maximum absolute atomic E-state index is 13.7. The van der Waals surface area contributed by atoms with Crippen LogP contribution in [0.2, 0.25) is 5.02 Å². The molecule has 2 aliphatic heterocycles. The first kappa shape index (κ1) is 20.8. The minimum atomic E-state index is -0.526. The molecule has 2 aliphatic rings. The Morgan fingerprint density at radius 2 is 2.17 bits per heavy atom. The third-order valence-electron chi connectivity index (χ3n) is 5.62. The molecule has 0 aromatic heterocycles. The van der Waals surface area contributed by atoms with Gasteiger partial charge in [-0.3, -0.25) is 15.1 Å². The second-order valence-electron chi connectivity index (χ2n) is 7.54. The van der Waals surface area contributed by atoms with Crippen molar-refractivity contribution in [3.8, 4) is 0 Å². The van der Waals surface area contributed by atoms with Crippen molar-refractivity contribution in [2.75, 3.05) is 38.7 Å². The molecular weight excluding hydrogens is 407 g/mol. The lowest BCUT2D eigenvalue weighted by molar-refractivity contribution is 0.0785. The lowest BCUT2D eigenvalue weighted by Crippen LogP contribution is -2.55. The lowest BCUT2D eigenvalue weighted by atomic mass is 9.96. The minimum absolute atomic E-state index is 0.177. The number of amides is 1. The lowest BCUT2D eigenvalue weighted by Gasteiger charge is -2.30. The molecular formula is C22H24ClFN4O2. The van der Waals surface area contributed by atoms with Crippen molar-refractivity contribution in [2.24, 2.45) is 4.99 Å². The number of carbonyl (C=O) groups is 1. The van der Waals surface area contributed by atoms with Crippen molar-refractivity contribution in [3.05, 3.63) is 64.4 Å². The molecule has 1 fully saturated rings. The van der Waals surface area contributed by atoms with Crippen LogP contribution < -0.4 is 10.6 Å². The van der Waals surface area contributed by atoms with Gasteiger partial charge in [0.15, 0.2) is 0 Å². The summed E-state index contributed by atoms with van der Waals surface area (Å²) in [6.45, 7) is 2.58. The zero-order valence-corrected chi connectivity index (χ0v) is 17.5. The molecule has 2 N–H and O–H groups in total. The van der Waals surface area contributed by atoms with E-state index in [0.29, 0.717) is 39.2 Å². The van der Waals surface area contributed by atoms with Gasteiger partial charge in [-0.2, -0.15) is 0 Å². The summed E-state index contributed by atoms with van der Waals surface area (Å²) in [6, 6.07) is 11.9. The molecule has 1 amide bonds. The summed E-state index contributed by atoms with van der Waals surface area (Å²) < 4.78 is 18.9. The first-order valence-electron chi connectivity index (χ1n) is 9.90. The van der Waals surface area contributed by atoms with E-state index in [0.717, 1.165) is 17.1 Å². The summed E-state index contributed by atoms with van der Waals surface area (Å²) in [6.07, 6.45) is 0.679. The SMILES string of the molecule is COCCN=C1Nc2ccccc2CNC12CCN(C(=O)c1cc(F)ccc1Cl)C2. The van der Waals surface area contributed by atoms with Crippen LogP contribution in [0.15, 0.2) is 47.5 Å². The van der Waals surface area contributed by atoms with Crippen molar-refractivity contribution < 1.29 is 13.9 Å². The molecule has 4 rings (SSSR count). The quantitative estimate of drug-likeness (QED) is 0.730. The summed E-state index contributed by atoms with van der Waals surface area (Å²) in [4.78, 5) is 19.5. The Morgan fingerprint density at radius 1 is 1.33 bits per heavy atom. The molecule has 8 heteroatoms. The van der Waals surface area contributed by atoms with Crippen LogP contribution in [-0.4, -0.2) is 55.5 Å². The Balaban J connectivity index is 1.62. The molecule has 1 unspecified atom stereocenters. The third kappa shape index (κ3) is 4.05. The van der Waals surface area contributed by atoms with Crippen LogP contribution in [0.5, 0.6) is 0 Å². The van der Waals surface area contributed by atoms with E-state index >= 15 is 0 Å². The van der Waals surface area contributed by atoms with E-state index in [1.54, 1.807) is 12.0 Å². The van der Waals surface area contributed by atoms with Gasteiger partial charge in [0.1, 0.15) is 11.7 Å². The Bertz CT molecular complexity index is 983. The van der Waals surface area contributed by atoms with Gasteiger partial charge >= 0.3 is 0 Å². The largest absolute Gasteiger partial charge is 0.383 e. The number of hydrogen-bond acceptors (Lipinski definition) is 4. The molecule has 1 atom stereocenters. The van der Waals surface area contributed by atoms with E-state index in [4.69, 9.17) is 21.3 Å². The van der Waals surface area contributed by atoms with Crippen LogP contribution >= 0.6 is 11.6 Å². The summed E-state index contributed by atoms with van der Waals surface area (Å²) in [5, 5.41) is 7.34. The summed E-state index contributed by atoms with van der Waals surface area (Å²) in [5.74, 6) is 0.0181. The predicted molar refractivity (Wildman–Crippen MR) is 116 cm³/mol. The molecule has 2 aromatic carbocycles. The van der Waals surface area contributed by atoms with E-state index in [2.05, 4.69) is 16.7 Å². The number of nitrogens with zero attached hydrogens (tertiary/aromatic N) is 2. The van der Waals surface area contributed by atoms with Gasteiger partial charge in [0, 0.05) is 32.4 Å². The van der Waals surface area contributed by atoms with Crippen molar-refractivity contribution in [1.29, 1.82) is 0 Å². The second-order valence-corrected chi connectivity index (χ2v) is 7.95. The fourth-order valence-corrected chi connectivity index (χ4v) is 4.18. The molecule has 158 valence electrons. The number of methoxy groups -OCH3 is 1. The maximum atomic E-state index is 13.7. The smallest absolute Gasteiger partial charge is 0.255 e. The van der Waals surface area contributed by atoms with Gasteiger partial charge in [-0.05, 0) is 36.2 Å². The number of ether oxygens (including phenoxy) is 1. The van der Waals surface area contributed by atoms with E-state index in [1.165, 1.54) is 18.2 Å². The van der Waals surface area contributed by atoms with Gasteiger partial charge in [-0.1, -0.05) is 29.8 Å². The average molecular weight is 431 g/mol. The first-order chi connectivity index (χ1) is 14.5. The summed E-state index contributed by atoms with van der Waals surface area (Å²) in [7, 11) is 1.64. The normalized spacial score (nSPS) is 22.1. The summed E-state index contributed by atoms with van der Waals surface area (Å²) in [5.41, 5.74) is 1.78. The number of carbonyl (C=O) groups excluding carboxylic acids is 1. The van der Waals surface area contributed by atoms with Crippen LogP contribution in [0.4, 0.5) is 10.1 Å².